The summed E-state index contributed by atoms with van der Waals surface area (Å²) in [7, 11) is 0. The van der Waals surface area contributed by atoms with Crippen LogP contribution in [-0.2, 0) is 0 Å². The van der Waals surface area contributed by atoms with Crippen LogP contribution < -0.4 is 0 Å². The average Bonchev–Trinajstić information content (AvgIpc) is 2.18. The molecule has 0 nitrogen and oxygen atoms in total. The summed E-state index contributed by atoms with van der Waals surface area (Å²) in [5, 5.41) is 2.97. The number of hydrogen-bond acceptors (Lipinski definition) is 0. The van der Waals surface area contributed by atoms with Crippen LogP contribution in [0, 0.1) is 18.8 Å². The molecule has 91 valence electrons. The summed E-state index contributed by atoms with van der Waals surface area (Å²) in [6.45, 7) is 11.3. The summed E-state index contributed by atoms with van der Waals surface area (Å²) >= 11 is 0.755. The second-order valence-electron chi connectivity index (χ2n) is 5.20. The summed E-state index contributed by atoms with van der Waals surface area (Å²) in [4.78, 5) is 0. The van der Waals surface area contributed by atoms with Gasteiger partial charge in [-0.3, -0.25) is 0 Å². The first-order valence-electron chi connectivity index (χ1n) is 6.35. The van der Waals surface area contributed by atoms with E-state index in [1.807, 2.05) is 18.2 Å². The second-order valence-corrected chi connectivity index (χ2v) is 6.72. The van der Waals surface area contributed by atoms with E-state index in [2.05, 4.69) is 46.8 Å². The Kier molecular flexibility index (Phi) is 9.79. The highest BCUT2D eigenvalue weighted by Gasteiger charge is 1.98. The molecule has 0 heterocycles. The third kappa shape index (κ3) is 11.8. The molecule has 1 radical (unpaired) electrons. The van der Waals surface area contributed by atoms with Crippen LogP contribution in [0.4, 0.5) is 0 Å². The van der Waals surface area contributed by atoms with Gasteiger partial charge in [-0.2, -0.15) is 0 Å². The van der Waals surface area contributed by atoms with Gasteiger partial charge in [0.25, 0.3) is 0 Å². The van der Waals surface area contributed by atoms with Gasteiger partial charge in [-0.1, -0.05) is 75.4 Å². The molecule has 0 aliphatic heterocycles. The number of hydrogen-bond donors (Lipinski definition) is 0. The van der Waals surface area contributed by atoms with E-state index < -0.39 is 0 Å². The van der Waals surface area contributed by atoms with Gasteiger partial charge in [0, 0.05) is 1.43 Å². The van der Waals surface area contributed by atoms with E-state index in [-0.39, 0.29) is 1.43 Å². The van der Waals surface area contributed by atoms with Crippen LogP contribution in [0.3, 0.4) is 0 Å². The van der Waals surface area contributed by atoms with Gasteiger partial charge in [-0.05, 0) is 6.92 Å². The van der Waals surface area contributed by atoms with Crippen LogP contribution in [0.5, 0.6) is 0 Å². The van der Waals surface area contributed by atoms with Crippen molar-refractivity contribution in [2.24, 2.45) is 11.8 Å². The molecule has 0 spiro atoms. The van der Waals surface area contributed by atoms with Crippen molar-refractivity contribution >= 4 is 15.2 Å². The van der Waals surface area contributed by atoms with Crippen molar-refractivity contribution in [3.05, 3.63) is 35.9 Å². The van der Waals surface area contributed by atoms with Crippen LogP contribution in [0.25, 0.3) is 0 Å². The van der Waals surface area contributed by atoms with Crippen molar-refractivity contribution in [3.63, 3.8) is 0 Å². The fourth-order valence-corrected chi connectivity index (χ4v) is 2.82. The van der Waals surface area contributed by atoms with Gasteiger partial charge in [0.1, 0.15) is 0 Å². The molecule has 0 amide bonds. The van der Waals surface area contributed by atoms with E-state index in [1.165, 1.54) is 16.1 Å². The highest BCUT2D eigenvalue weighted by molar-refractivity contribution is 6.35. The molecule has 0 aliphatic rings. The molecule has 0 aliphatic carbocycles. The fourth-order valence-electron chi connectivity index (χ4n) is 1.30. The van der Waals surface area contributed by atoms with Gasteiger partial charge in [0.05, 0.1) is 0 Å². The average molecular weight is 235 g/mol. The third-order valence-corrected chi connectivity index (χ3v) is 4.77. The van der Waals surface area contributed by atoms with Crippen molar-refractivity contribution in [3.8, 4) is 0 Å². The van der Waals surface area contributed by atoms with Crippen molar-refractivity contribution in [2.45, 2.75) is 45.2 Å². The summed E-state index contributed by atoms with van der Waals surface area (Å²) in [5.74, 6) is 1.86. The topological polar surface area (TPSA) is 0 Å². The molecule has 0 fully saturated rings. The van der Waals surface area contributed by atoms with Crippen LogP contribution in [0.15, 0.2) is 30.3 Å². The molecular weight excluding hydrogens is 207 g/mol. The SMILES string of the molecule is CC(C)[CH2][Al][CH2]C(C)C.Cc1ccccc1.[HH]. The van der Waals surface area contributed by atoms with E-state index in [9.17, 15) is 0 Å². The van der Waals surface area contributed by atoms with E-state index in [1.54, 1.807) is 0 Å². The third-order valence-electron chi connectivity index (χ3n) is 2.22. The Bertz CT molecular complexity index is 236. The number of aryl methyl sites for hydroxylation is 1. The molecule has 1 rings (SSSR count). The molecular formula is C15H28Al. The lowest BCUT2D eigenvalue weighted by atomic mass is 10.2. The summed E-state index contributed by atoms with van der Waals surface area (Å²) in [5.41, 5.74) is 1.32. The van der Waals surface area contributed by atoms with E-state index in [0.29, 0.717) is 0 Å². The second kappa shape index (κ2) is 9.94. The molecule has 0 saturated carbocycles. The lowest BCUT2D eigenvalue weighted by Crippen LogP contribution is -1.99. The first kappa shape index (κ1) is 15.8. The molecule has 0 bridgehead atoms. The summed E-state index contributed by atoms with van der Waals surface area (Å²) < 4.78 is 0. The Morgan fingerprint density at radius 1 is 0.938 bits per heavy atom. The van der Waals surface area contributed by atoms with Crippen LogP contribution in [0.1, 0.15) is 34.7 Å². The first-order chi connectivity index (χ1) is 7.52. The maximum absolute atomic E-state index is 2.31. The largest absolute Gasteiger partial charge is 0.200 e. The Morgan fingerprint density at radius 2 is 1.38 bits per heavy atom. The normalized spacial score (nSPS) is 9.94. The number of benzene rings is 1. The molecule has 0 atom stereocenters. The molecule has 1 aromatic carbocycles. The monoisotopic (exact) mass is 235 g/mol. The first-order valence-corrected chi connectivity index (χ1v) is 7.99. The lowest BCUT2D eigenvalue weighted by Gasteiger charge is -2.03. The van der Waals surface area contributed by atoms with Gasteiger partial charge in [0.2, 0.25) is 15.2 Å². The quantitative estimate of drug-likeness (QED) is 0.638. The van der Waals surface area contributed by atoms with Gasteiger partial charge < -0.3 is 0 Å². The minimum Gasteiger partial charge on any atom is -0.102 e. The van der Waals surface area contributed by atoms with Crippen LogP contribution in [0.2, 0.25) is 10.6 Å². The maximum Gasteiger partial charge on any atom is 0.200 e. The highest BCUT2D eigenvalue weighted by Crippen LogP contribution is 2.05. The zero-order valence-corrected chi connectivity index (χ0v) is 12.7. The van der Waals surface area contributed by atoms with Crippen molar-refractivity contribution in [2.75, 3.05) is 0 Å². The summed E-state index contributed by atoms with van der Waals surface area (Å²) in [6.07, 6.45) is 0. The van der Waals surface area contributed by atoms with Gasteiger partial charge in [-0.25, -0.2) is 0 Å². The van der Waals surface area contributed by atoms with E-state index >= 15 is 0 Å². The van der Waals surface area contributed by atoms with Crippen molar-refractivity contribution < 1.29 is 1.43 Å². The molecule has 1 aromatic rings. The Labute approximate surface area is 110 Å². The fraction of sp³-hybridized carbons (Fsp3) is 0.600. The highest BCUT2D eigenvalue weighted by atomic mass is 27.1. The predicted molar refractivity (Wildman–Crippen MR) is 78.3 cm³/mol. The van der Waals surface area contributed by atoms with Gasteiger partial charge >= 0.3 is 0 Å². The standard InChI is InChI=1S/C7H8.2C4H9.Al.H2/c1-7-5-3-2-4-6-7;2*1-4(2)3;;/h2-6H,1H3;2*4H,1H2,2-3H3;;1H. The van der Waals surface area contributed by atoms with E-state index in [0.717, 1.165) is 27.1 Å². The van der Waals surface area contributed by atoms with E-state index in [4.69, 9.17) is 0 Å². The molecule has 0 N–H and O–H groups in total. The minimum absolute atomic E-state index is 0. The molecule has 1 heteroatoms. The van der Waals surface area contributed by atoms with Crippen molar-refractivity contribution in [1.82, 2.24) is 0 Å². The predicted octanol–water partition coefficient (Wildman–Crippen LogP) is 5.08. The zero-order chi connectivity index (χ0) is 12.4. The Morgan fingerprint density at radius 3 is 1.62 bits per heavy atom. The van der Waals surface area contributed by atoms with Crippen LogP contribution in [-0.4, -0.2) is 15.2 Å². The van der Waals surface area contributed by atoms with Gasteiger partial charge in [0.15, 0.2) is 0 Å². The maximum atomic E-state index is 2.31. The number of rotatable bonds is 4. The minimum atomic E-state index is 0. The zero-order valence-electron chi connectivity index (χ0n) is 11.5. The molecule has 0 saturated heterocycles. The molecule has 0 unspecified atom stereocenters. The smallest absolute Gasteiger partial charge is 0.102 e. The molecule has 16 heavy (non-hydrogen) atoms. The summed E-state index contributed by atoms with van der Waals surface area (Å²) in [6, 6.07) is 10.3. The lowest BCUT2D eigenvalue weighted by molar-refractivity contribution is 0.700. The van der Waals surface area contributed by atoms with Gasteiger partial charge in [-0.15, -0.1) is 10.6 Å². The Hall–Kier alpha value is -0.248. The Balaban J connectivity index is 0. The molecule has 0 aromatic heterocycles. The van der Waals surface area contributed by atoms with Crippen LogP contribution >= 0.6 is 0 Å². The van der Waals surface area contributed by atoms with Crippen molar-refractivity contribution in [1.29, 1.82) is 0 Å².